The monoisotopic (exact) mass is 412 g/mol. The Labute approximate surface area is 180 Å². The van der Waals surface area contributed by atoms with Gasteiger partial charge in [-0.1, -0.05) is 44.2 Å². The van der Waals surface area contributed by atoms with E-state index in [0.717, 1.165) is 62.3 Å². The van der Waals surface area contributed by atoms with E-state index in [1.807, 2.05) is 38.5 Å². The molecule has 1 aromatic heterocycles. The van der Waals surface area contributed by atoms with Crippen LogP contribution in [0.25, 0.3) is 11.3 Å². The Hall–Kier alpha value is -2.38. The maximum Gasteiger partial charge on any atom is 0.193 e. The van der Waals surface area contributed by atoms with Crippen molar-refractivity contribution in [2.24, 2.45) is 10.9 Å². The number of nitrogens with one attached hydrogen (secondary N) is 2. The number of ether oxygens (including phenoxy) is 1. The molecule has 1 saturated heterocycles. The largest absolute Gasteiger partial charge is 0.379 e. The molecule has 0 spiro atoms. The molecule has 2 heterocycles. The van der Waals surface area contributed by atoms with Gasteiger partial charge in [0.15, 0.2) is 5.96 Å². The highest BCUT2D eigenvalue weighted by atomic mass is 16.5. The zero-order chi connectivity index (χ0) is 21.3. The number of aliphatic imine (C=N–C) groups is 1. The Morgan fingerprint density at radius 3 is 2.67 bits per heavy atom. The molecule has 1 atom stereocenters. The normalized spacial score (nSPS) is 16.6. The molecule has 1 unspecified atom stereocenters. The minimum Gasteiger partial charge on any atom is -0.379 e. The van der Waals surface area contributed by atoms with E-state index in [1.54, 1.807) is 0 Å². The molecule has 1 aliphatic rings. The fraction of sp³-hybridized carbons (Fsp3) is 0.565. The van der Waals surface area contributed by atoms with Crippen LogP contribution >= 0.6 is 0 Å². The van der Waals surface area contributed by atoms with Crippen LogP contribution in [-0.4, -0.2) is 78.7 Å². The highest BCUT2D eigenvalue weighted by Crippen LogP contribution is 2.17. The standard InChI is InChI=1S/C23H36N6O/c1-18(2)14-20(29-10-12-30-13-11-29)15-26-23(24-3)28(4)17-22-25-16-21(27-22)19-8-6-5-7-9-19/h5-9,16,18,20H,10-15,17H2,1-4H3,(H,24,26)(H,25,27). The summed E-state index contributed by atoms with van der Waals surface area (Å²) in [5.41, 5.74) is 2.18. The van der Waals surface area contributed by atoms with E-state index in [9.17, 15) is 0 Å². The number of aromatic nitrogens is 2. The summed E-state index contributed by atoms with van der Waals surface area (Å²) < 4.78 is 5.54. The SMILES string of the molecule is CN=C(NCC(CC(C)C)N1CCOCC1)N(C)Cc1ncc(-c2ccccc2)[nH]1. The lowest BCUT2D eigenvalue weighted by Gasteiger charge is -2.36. The van der Waals surface area contributed by atoms with E-state index in [0.29, 0.717) is 18.5 Å². The van der Waals surface area contributed by atoms with Crippen molar-refractivity contribution in [1.82, 2.24) is 25.1 Å². The summed E-state index contributed by atoms with van der Waals surface area (Å²) in [4.78, 5) is 17.1. The lowest BCUT2D eigenvalue weighted by Crippen LogP contribution is -2.51. The summed E-state index contributed by atoms with van der Waals surface area (Å²) in [6.07, 6.45) is 3.05. The first kappa shape index (κ1) is 22.3. The van der Waals surface area contributed by atoms with Crippen LogP contribution < -0.4 is 5.32 Å². The number of nitrogens with zero attached hydrogens (tertiary/aromatic N) is 4. The smallest absolute Gasteiger partial charge is 0.193 e. The lowest BCUT2D eigenvalue weighted by molar-refractivity contribution is 0.0131. The van der Waals surface area contributed by atoms with Gasteiger partial charge in [-0.15, -0.1) is 0 Å². The first-order valence-electron chi connectivity index (χ1n) is 10.9. The molecule has 7 heteroatoms. The van der Waals surface area contributed by atoms with Gasteiger partial charge in [0, 0.05) is 39.8 Å². The number of hydrogen-bond donors (Lipinski definition) is 2. The molecule has 30 heavy (non-hydrogen) atoms. The summed E-state index contributed by atoms with van der Waals surface area (Å²) in [5, 5.41) is 3.58. The molecule has 0 aliphatic carbocycles. The molecule has 0 amide bonds. The number of benzene rings is 1. The van der Waals surface area contributed by atoms with Crippen LogP contribution in [0.15, 0.2) is 41.5 Å². The second-order valence-electron chi connectivity index (χ2n) is 8.33. The zero-order valence-electron chi connectivity index (χ0n) is 18.8. The highest BCUT2D eigenvalue weighted by Gasteiger charge is 2.22. The van der Waals surface area contributed by atoms with Gasteiger partial charge in [0.05, 0.1) is 31.6 Å². The van der Waals surface area contributed by atoms with E-state index < -0.39 is 0 Å². The minimum absolute atomic E-state index is 0.479. The summed E-state index contributed by atoms with van der Waals surface area (Å²) in [6, 6.07) is 10.7. The van der Waals surface area contributed by atoms with Crippen molar-refractivity contribution in [3.63, 3.8) is 0 Å². The number of hydrogen-bond acceptors (Lipinski definition) is 4. The van der Waals surface area contributed by atoms with E-state index in [-0.39, 0.29) is 0 Å². The van der Waals surface area contributed by atoms with Crippen molar-refractivity contribution >= 4 is 5.96 Å². The van der Waals surface area contributed by atoms with Crippen LogP contribution in [-0.2, 0) is 11.3 Å². The van der Waals surface area contributed by atoms with Gasteiger partial charge in [-0.05, 0) is 17.9 Å². The van der Waals surface area contributed by atoms with Crippen LogP contribution in [0, 0.1) is 5.92 Å². The molecule has 0 saturated carbocycles. The number of H-pyrrole nitrogens is 1. The van der Waals surface area contributed by atoms with E-state index in [2.05, 4.69) is 56.1 Å². The Morgan fingerprint density at radius 1 is 1.27 bits per heavy atom. The van der Waals surface area contributed by atoms with Crippen molar-refractivity contribution < 1.29 is 4.74 Å². The van der Waals surface area contributed by atoms with Crippen molar-refractivity contribution in [3.05, 3.63) is 42.4 Å². The van der Waals surface area contributed by atoms with Gasteiger partial charge in [-0.25, -0.2) is 4.98 Å². The maximum atomic E-state index is 5.54. The van der Waals surface area contributed by atoms with E-state index in [4.69, 9.17) is 4.74 Å². The summed E-state index contributed by atoms with van der Waals surface area (Å²) in [7, 11) is 3.88. The van der Waals surface area contributed by atoms with Crippen molar-refractivity contribution in [3.8, 4) is 11.3 Å². The molecule has 1 fully saturated rings. The van der Waals surface area contributed by atoms with Crippen LogP contribution in [0.3, 0.4) is 0 Å². The Morgan fingerprint density at radius 2 is 2.00 bits per heavy atom. The van der Waals surface area contributed by atoms with Gasteiger partial charge in [0.2, 0.25) is 0 Å². The fourth-order valence-corrected chi connectivity index (χ4v) is 3.95. The molecule has 2 N–H and O–H groups in total. The number of rotatable bonds is 8. The molecule has 0 radical (unpaired) electrons. The fourth-order valence-electron chi connectivity index (χ4n) is 3.95. The second-order valence-corrected chi connectivity index (χ2v) is 8.33. The molecule has 0 bridgehead atoms. The van der Waals surface area contributed by atoms with Gasteiger partial charge in [0.1, 0.15) is 5.82 Å². The van der Waals surface area contributed by atoms with Gasteiger partial charge in [-0.2, -0.15) is 0 Å². The molecule has 2 aromatic rings. The van der Waals surface area contributed by atoms with Gasteiger partial charge in [-0.3, -0.25) is 9.89 Å². The predicted molar refractivity (Wildman–Crippen MR) is 122 cm³/mol. The Kier molecular flexibility index (Phi) is 8.28. The van der Waals surface area contributed by atoms with Crippen LogP contribution in [0.5, 0.6) is 0 Å². The Balaban J connectivity index is 1.57. The molecule has 1 aliphatic heterocycles. The number of imidazole rings is 1. The van der Waals surface area contributed by atoms with Gasteiger partial charge in [0.25, 0.3) is 0 Å². The number of morpholine rings is 1. The zero-order valence-corrected chi connectivity index (χ0v) is 18.8. The highest BCUT2D eigenvalue weighted by molar-refractivity contribution is 5.79. The first-order valence-corrected chi connectivity index (χ1v) is 10.9. The maximum absolute atomic E-state index is 5.54. The topological polar surface area (TPSA) is 68.8 Å². The summed E-state index contributed by atoms with van der Waals surface area (Å²) >= 11 is 0. The number of guanidine groups is 1. The van der Waals surface area contributed by atoms with E-state index >= 15 is 0 Å². The number of aromatic amines is 1. The van der Waals surface area contributed by atoms with Crippen LogP contribution in [0.1, 0.15) is 26.1 Å². The van der Waals surface area contributed by atoms with Crippen LogP contribution in [0.4, 0.5) is 0 Å². The molecular weight excluding hydrogens is 376 g/mol. The summed E-state index contributed by atoms with van der Waals surface area (Å²) in [5.74, 6) is 2.46. The lowest BCUT2D eigenvalue weighted by atomic mass is 10.0. The summed E-state index contributed by atoms with van der Waals surface area (Å²) in [6.45, 7) is 9.77. The predicted octanol–water partition coefficient (Wildman–Crippen LogP) is 2.83. The van der Waals surface area contributed by atoms with Crippen LogP contribution in [0.2, 0.25) is 0 Å². The third-order valence-electron chi connectivity index (χ3n) is 5.47. The Bertz CT molecular complexity index is 782. The quantitative estimate of drug-likeness (QED) is 0.515. The first-order chi connectivity index (χ1) is 14.6. The molecule has 3 rings (SSSR count). The van der Waals surface area contributed by atoms with E-state index in [1.165, 1.54) is 0 Å². The molecule has 164 valence electrons. The van der Waals surface area contributed by atoms with Gasteiger partial charge >= 0.3 is 0 Å². The second kappa shape index (κ2) is 11.1. The average molecular weight is 413 g/mol. The molecule has 7 nitrogen and oxygen atoms in total. The van der Waals surface area contributed by atoms with Crippen molar-refractivity contribution in [2.75, 3.05) is 46.9 Å². The minimum atomic E-state index is 0.479. The third-order valence-corrected chi connectivity index (χ3v) is 5.47. The van der Waals surface area contributed by atoms with Crippen molar-refractivity contribution in [1.29, 1.82) is 0 Å². The average Bonchev–Trinajstić information content (AvgIpc) is 3.23. The van der Waals surface area contributed by atoms with Crippen molar-refractivity contribution in [2.45, 2.75) is 32.9 Å². The molecular formula is C23H36N6O. The third kappa shape index (κ3) is 6.31. The van der Waals surface area contributed by atoms with Gasteiger partial charge < -0.3 is 19.9 Å². The molecule has 1 aromatic carbocycles.